The first-order chi connectivity index (χ1) is 14.7. The molecule has 31 heavy (non-hydrogen) atoms. The second kappa shape index (κ2) is 6.70. The lowest BCUT2D eigenvalue weighted by atomic mass is 9.43. The van der Waals surface area contributed by atoms with Gasteiger partial charge in [0.05, 0.1) is 12.2 Å². The molecule has 1 aliphatic heterocycles. The van der Waals surface area contributed by atoms with E-state index >= 15 is 0 Å². The Labute approximate surface area is 188 Å². The Balaban J connectivity index is 1.41. The van der Waals surface area contributed by atoms with Crippen LogP contribution in [0.1, 0.15) is 78.7 Å². The second-order valence-corrected chi connectivity index (χ2v) is 12.5. The van der Waals surface area contributed by atoms with Gasteiger partial charge in [-0.3, -0.25) is 0 Å². The van der Waals surface area contributed by atoms with Gasteiger partial charge in [0.15, 0.2) is 5.79 Å². The van der Waals surface area contributed by atoms with Crippen molar-refractivity contribution >= 4 is 5.57 Å². The first-order valence-corrected chi connectivity index (χ1v) is 12.8. The van der Waals surface area contributed by atoms with Gasteiger partial charge in [0, 0.05) is 0 Å². The maximum Gasteiger partial charge on any atom is 0.163 e. The molecule has 0 spiro atoms. The molecule has 5 aliphatic rings. The van der Waals surface area contributed by atoms with Gasteiger partial charge in [0.1, 0.15) is 0 Å². The first kappa shape index (κ1) is 20.5. The Hall–Kier alpha value is -1.12. The summed E-state index contributed by atoms with van der Waals surface area (Å²) in [7, 11) is 0. The van der Waals surface area contributed by atoms with Crippen molar-refractivity contribution in [3.63, 3.8) is 0 Å². The van der Waals surface area contributed by atoms with Crippen molar-refractivity contribution in [2.45, 2.75) is 91.1 Å². The number of rotatable bonds is 1. The topological polar surface area (TPSA) is 18.5 Å². The predicted molar refractivity (Wildman–Crippen MR) is 125 cm³/mol. The number of ether oxygens (including phenoxy) is 2. The lowest BCUT2D eigenvalue weighted by Crippen LogP contribution is -2.62. The van der Waals surface area contributed by atoms with Crippen LogP contribution in [0.3, 0.4) is 0 Å². The van der Waals surface area contributed by atoms with Gasteiger partial charge in [-0.25, -0.2) is 0 Å². The van der Waals surface area contributed by atoms with Gasteiger partial charge in [0.25, 0.3) is 0 Å². The molecule has 3 saturated carbocycles. The van der Waals surface area contributed by atoms with Crippen LogP contribution in [-0.2, 0) is 9.47 Å². The maximum absolute atomic E-state index is 6.80. The Kier molecular flexibility index (Phi) is 4.43. The Morgan fingerprint density at radius 1 is 0.839 bits per heavy atom. The van der Waals surface area contributed by atoms with Crippen LogP contribution in [-0.4, -0.2) is 18.0 Å². The third kappa shape index (κ3) is 2.83. The van der Waals surface area contributed by atoms with Crippen molar-refractivity contribution in [3.05, 3.63) is 42.0 Å². The van der Waals surface area contributed by atoms with Crippen molar-refractivity contribution in [1.29, 1.82) is 0 Å². The molecule has 0 aromatic heterocycles. The molecule has 0 bridgehead atoms. The average Bonchev–Trinajstić information content (AvgIpc) is 3.25. The summed E-state index contributed by atoms with van der Waals surface area (Å²) in [5.41, 5.74) is 3.68. The van der Waals surface area contributed by atoms with Crippen LogP contribution in [0.4, 0.5) is 0 Å². The fourth-order valence-corrected chi connectivity index (χ4v) is 9.02. The molecule has 0 radical (unpaired) electrons. The van der Waals surface area contributed by atoms with Crippen molar-refractivity contribution in [2.24, 2.45) is 40.4 Å². The van der Waals surface area contributed by atoms with E-state index < -0.39 is 5.79 Å². The van der Waals surface area contributed by atoms with E-state index in [1.165, 1.54) is 44.1 Å². The molecule has 1 aromatic rings. The summed E-state index contributed by atoms with van der Waals surface area (Å²) in [6.07, 6.45) is 11.0. The Bertz CT molecular complexity index is 887. The highest BCUT2D eigenvalue weighted by Gasteiger charge is 2.67. The van der Waals surface area contributed by atoms with Crippen LogP contribution in [0.5, 0.6) is 0 Å². The fraction of sp³-hybridized carbons (Fsp3) is 0.724. The van der Waals surface area contributed by atoms with Gasteiger partial charge >= 0.3 is 0 Å². The quantitative estimate of drug-likeness (QED) is 0.482. The molecule has 1 aromatic carbocycles. The molecule has 9 atom stereocenters. The van der Waals surface area contributed by atoms with E-state index in [0.717, 1.165) is 11.8 Å². The zero-order chi connectivity index (χ0) is 21.6. The third-order valence-corrected chi connectivity index (χ3v) is 10.5. The zero-order valence-electron chi connectivity index (χ0n) is 20.1. The van der Waals surface area contributed by atoms with Crippen LogP contribution in [0, 0.1) is 40.4 Å². The number of allylic oxidation sites excluding steroid dienone is 2. The molecule has 2 nitrogen and oxygen atoms in total. The van der Waals surface area contributed by atoms with Crippen LogP contribution in [0.15, 0.2) is 36.4 Å². The molecular weight excluding hydrogens is 380 g/mol. The highest BCUT2D eigenvalue weighted by molar-refractivity contribution is 5.73. The number of hydrogen-bond donors (Lipinski definition) is 0. The van der Waals surface area contributed by atoms with E-state index in [1.54, 1.807) is 5.57 Å². The predicted octanol–water partition coefficient (Wildman–Crippen LogP) is 7.10. The first-order valence-electron chi connectivity index (χ1n) is 12.8. The molecule has 4 fully saturated rings. The minimum absolute atomic E-state index is 0.258. The molecule has 1 saturated heterocycles. The van der Waals surface area contributed by atoms with Gasteiger partial charge in [-0.15, -0.1) is 0 Å². The van der Waals surface area contributed by atoms with Crippen molar-refractivity contribution in [3.8, 4) is 0 Å². The molecule has 2 heteroatoms. The van der Waals surface area contributed by atoms with Crippen LogP contribution in [0.25, 0.3) is 5.57 Å². The highest BCUT2D eigenvalue weighted by atomic mass is 16.8. The molecule has 4 aliphatic carbocycles. The summed E-state index contributed by atoms with van der Waals surface area (Å²) < 4.78 is 13.5. The molecule has 1 heterocycles. The number of hydrogen-bond acceptors (Lipinski definition) is 2. The van der Waals surface area contributed by atoms with Crippen molar-refractivity contribution in [1.82, 2.24) is 0 Å². The highest BCUT2D eigenvalue weighted by Crippen LogP contribution is 2.69. The Morgan fingerprint density at radius 3 is 2.35 bits per heavy atom. The molecule has 0 amide bonds. The van der Waals surface area contributed by atoms with E-state index in [0.29, 0.717) is 23.2 Å². The van der Waals surface area contributed by atoms with Gasteiger partial charge in [0.2, 0.25) is 0 Å². The van der Waals surface area contributed by atoms with E-state index in [2.05, 4.69) is 71.0 Å². The van der Waals surface area contributed by atoms with Gasteiger partial charge < -0.3 is 9.47 Å². The maximum atomic E-state index is 6.80. The standard InChI is InChI=1S/C29H40O2/c1-18-13-15-29(5)22-14-16-28(4)20(19-9-7-6-8-10-19)11-12-21(28)24(22)26-25(23(29)17-18)30-27(2,3)31-26/h6-11,18,21-26H,12-17H2,1-5H3/t18-,21-,22-,23?,24?,25+,26+,28+,29+/m0/s1. The van der Waals surface area contributed by atoms with Gasteiger partial charge in [-0.05, 0) is 97.5 Å². The van der Waals surface area contributed by atoms with E-state index in [-0.39, 0.29) is 17.6 Å². The molecule has 168 valence electrons. The summed E-state index contributed by atoms with van der Waals surface area (Å²) in [5.74, 6) is 3.06. The molecule has 6 rings (SSSR count). The number of fused-ring (bicyclic) bond motifs is 8. The summed E-state index contributed by atoms with van der Waals surface area (Å²) in [6, 6.07) is 11.2. The average molecular weight is 421 g/mol. The lowest BCUT2D eigenvalue weighted by Gasteiger charge is -2.63. The minimum atomic E-state index is -0.450. The fourth-order valence-electron chi connectivity index (χ4n) is 9.02. The third-order valence-electron chi connectivity index (χ3n) is 10.5. The molecule has 0 N–H and O–H groups in total. The normalized spacial score (nSPS) is 50.1. The van der Waals surface area contributed by atoms with Crippen LogP contribution in [0.2, 0.25) is 0 Å². The SMILES string of the molecule is C[C@H]1CC[C@@]2(C)C(C1)[C@H]1OC(C)(C)O[C@@H]1C1[C@@H]2CC[C@]2(C)C(c3ccccc3)=CC[C@@H]12. The van der Waals surface area contributed by atoms with E-state index in [1.807, 2.05) is 0 Å². The smallest absolute Gasteiger partial charge is 0.163 e. The van der Waals surface area contributed by atoms with Crippen LogP contribution < -0.4 is 0 Å². The second-order valence-electron chi connectivity index (χ2n) is 12.5. The molecule has 2 unspecified atom stereocenters. The van der Waals surface area contributed by atoms with Gasteiger partial charge in [-0.1, -0.05) is 63.6 Å². The summed E-state index contributed by atoms with van der Waals surface area (Å²) in [5, 5.41) is 0. The summed E-state index contributed by atoms with van der Waals surface area (Å²) in [6.45, 7) is 11.9. The molecular formula is C29H40O2. The largest absolute Gasteiger partial charge is 0.344 e. The van der Waals surface area contributed by atoms with Gasteiger partial charge in [-0.2, -0.15) is 0 Å². The van der Waals surface area contributed by atoms with E-state index in [4.69, 9.17) is 9.47 Å². The lowest BCUT2D eigenvalue weighted by molar-refractivity contribution is -0.175. The zero-order valence-corrected chi connectivity index (χ0v) is 20.1. The van der Waals surface area contributed by atoms with Crippen LogP contribution >= 0.6 is 0 Å². The van der Waals surface area contributed by atoms with Crippen molar-refractivity contribution in [2.75, 3.05) is 0 Å². The van der Waals surface area contributed by atoms with E-state index in [9.17, 15) is 0 Å². The number of benzene rings is 1. The summed E-state index contributed by atoms with van der Waals surface area (Å²) in [4.78, 5) is 0. The van der Waals surface area contributed by atoms with Crippen molar-refractivity contribution < 1.29 is 9.47 Å². The summed E-state index contributed by atoms with van der Waals surface area (Å²) >= 11 is 0. The minimum Gasteiger partial charge on any atom is -0.344 e. The Morgan fingerprint density at radius 2 is 1.58 bits per heavy atom. The monoisotopic (exact) mass is 420 g/mol.